The second-order valence-electron chi connectivity index (χ2n) is 3.91. The minimum Gasteiger partial charge on any atom is -0.497 e. The highest BCUT2D eigenvalue weighted by atomic mass is 35.5. The largest absolute Gasteiger partial charge is 0.497 e. The quantitative estimate of drug-likeness (QED) is 0.605. The lowest BCUT2D eigenvalue weighted by atomic mass is 10.2. The topological polar surface area (TPSA) is 26.3 Å². The van der Waals surface area contributed by atoms with Crippen molar-refractivity contribution in [3.8, 4) is 5.75 Å². The number of hydrogen-bond donors (Lipinski definition) is 0. The van der Waals surface area contributed by atoms with E-state index in [9.17, 15) is 4.79 Å². The van der Waals surface area contributed by atoms with Crippen LogP contribution in [0.4, 0.5) is 0 Å². The average molecular weight is 293 g/mol. The highest BCUT2D eigenvalue weighted by Crippen LogP contribution is 2.27. The normalized spacial score (nSPS) is 10.2. The molecule has 4 heteroatoms. The third kappa shape index (κ3) is 3.75. The van der Waals surface area contributed by atoms with Crippen LogP contribution in [0.5, 0.6) is 5.75 Å². The summed E-state index contributed by atoms with van der Waals surface area (Å²) in [6.45, 7) is 0. The van der Waals surface area contributed by atoms with Crippen molar-refractivity contribution >= 4 is 28.6 Å². The van der Waals surface area contributed by atoms with Crippen LogP contribution in [0.15, 0.2) is 53.4 Å². The molecule has 0 heterocycles. The molecule has 2 nitrogen and oxygen atoms in total. The van der Waals surface area contributed by atoms with Gasteiger partial charge in [0, 0.05) is 16.2 Å². The maximum Gasteiger partial charge on any atom is 0.253 e. The van der Waals surface area contributed by atoms with E-state index in [1.807, 2.05) is 42.5 Å². The molecule has 0 saturated carbocycles. The SMILES string of the molecule is COc1ccc(CSc2ccccc2C(=O)Cl)cc1. The third-order valence-electron chi connectivity index (χ3n) is 2.65. The zero-order valence-corrected chi connectivity index (χ0v) is 12.0. The lowest BCUT2D eigenvalue weighted by molar-refractivity contribution is 0.107. The summed E-state index contributed by atoms with van der Waals surface area (Å²) < 4.78 is 5.11. The molecule has 2 aromatic rings. The van der Waals surface area contributed by atoms with Crippen LogP contribution in [0, 0.1) is 0 Å². The first kappa shape index (κ1) is 14.0. The van der Waals surface area contributed by atoms with Crippen LogP contribution < -0.4 is 4.74 Å². The second-order valence-corrected chi connectivity index (χ2v) is 5.27. The monoisotopic (exact) mass is 292 g/mol. The van der Waals surface area contributed by atoms with Crippen molar-refractivity contribution in [2.24, 2.45) is 0 Å². The van der Waals surface area contributed by atoms with E-state index >= 15 is 0 Å². The Labute approximate surface area is 121 Å². The Balaban J connectivity index is 2.07. The highest BCUT2D eigenvalue weighted by molar-refractivity contribution is 7.98. The third-order valence-corrected chi connectivity index (χ3v) is 4.00. The molecular weight excluding hydrogens is 280 g/mol. The van der Waals surface area contributed by atoms with Crippen molar-refractivity contribution in [2.75, 3.05) is 7.11 Å². The molecule has 19 heavy (non-hydrogen) atoms. The molecule has 0 unspecified atom stereocenters. The lowest BCUT2D eigenvalue weighted by Crippen LogP contribution is -1.92. The van der Waals surface area contributed by atoms with Gasteiger partial charge in [-0.1, -0.05) is 24.3 Å². The van der Waals surface area contributed by atoms with Gasteiger partial charge < -0.3 is 4.74 Å². The molecule has 0 bridgehead atoms. The van der Waals surface area contributed by atoms with Crippen LogP contribution >= 0.6 is 23.4 Å². The molecule has 98 valence electrons. The molecule has 0 aliphatic rings. The van der Waals surface area contributed by atoms with Crippen LogP contribution in [-0.2, 0) is 5.75 Å². The second kappa shape index (κ2) is 6.64. The zero-order chi connectivity index (χ0) is 13.7. The number of benzene rings is 2. The zero-order valence-electron chi connectivity index (χ0n) is 10.4. The van der Waals surface area contributed by atoms with E-state index in [1.165, 1.54) is 5.56 Å². The number of halogens is 1. The fourth-order valence-electron chi connectivity index (χ4n) is 1.64. The van der Waals surface area contributed by atoms with Crippen LogP contribution in [0.3, 0.4) is 0 Å². The Morgan fingerprint density at radius 1 is 1.16 bits per heavy atom. The van der Waals surface area contributed by atoms with Gasteiger partial charge in [0.15, 0.2) is 0 Å². The van der Waals surface area contributed by atoms with E-state index in [-0.39, 0.29) is 0 Å². The van der Waals surface area contributed by atoms with Gasteiger partial charge in [-0.25, -0.2) is 0 Å². The fraction of sp³-hybridized carbons (Fsp3) is 0.133. The molecule has 0 amide bonds. The van der Waals surface area contributed by atoms with Gasteiger partial charge in [-0.3, -0.25) is 4.79 Å². The number of ether oxygens (including phenoxy) is 1. The van der Waals surface area contributed by atoms with Gasteiger partial charge in [0.1, 0.15) is 5.75 Å². The van der Waals surface area contributed by atoms with E-state index in [1.54, 1.807) is 24.9 Å². The van der Waals surface area contributed by atoms with Crippen molar-refractivity contribution < 1.29 is 9.53 Å². The summed E-state index contributed by atoms with van der Waals surface area (Å²) >= 11 is 7.16. The summed E-state index contributed by atoms with van der Waals surface area (Å²) in [6, 6.07) is 15.2. The molecule has 0 spiro atoms. The molecule has 0 fully saturated rings. The molecule has 2 aromatic carbocycles. The molecule has 0 N–H and O–H groups in total. The highest BCUT2D eigenvalue weighted by Gasteiger charge is 2.08. The summed E-state index contributed by atoms with van der Waals surface area (Å²) in [5.74, 6) is 1.62. The van der Waals surface area contributed by atoms with E-state index in [4.69, 9.17) is 16.3 Å². The average Bonchev–Trinajstić information content (AvgIpc) is 2.46. The number of carbonyl (C=O) groups is 1. The summed E-state index contributed by atoms with van der Waals surface area (Å²) in [5, 5.41) is -0.419. The summed E-state index contributed by atoms with van der Waals surface area (Å²) in [6.07, 6.45) is 0. The predicted molar refractivity (Wildman–Crippen MR) is 79.2 cm³/mol. The van der Waals surface area contributed by atoms with Crippen LogP contribution in [0.1, 0.15) is 15.9 Å². The fourth-order valence-corrected chi connectivity index (χ4v) is 2.86. The molecule has 0 radical (unpaired) electrons. The van der Waals surface area contributed by atoms with E-state index in [2.05, 4.69) is 0 Å². The first-order valence-corrected chi connectivity index (χ1v) is 7.11. The number of hydrogen-bond acceptors (Lipinski definition) is 3. The van der Waals surface area contributed by atoms with Gasteiger partial charge in [-0.15, -0.1) is 11.8 Å². The van der Waals surface area contributed by atoms with Crippen LogP contribution in [-0.4, -0.2) is 12.4 Å². The Bertz CT molecular complexity index is 567. The van der Waals surface area contributed by atoms with E-state index in [0.29, 0.717) is 5.56 Å². The van der Waals surface area contributed by atoms with Gasteiger partial charge in [-0.2, -0.15) is 0 Å². The van der Waals surface area contributed by atoms with Gasteiger partial charge in [0.2, 0.25) is 0 Å². The lowest BCUT2D eigenvalue weighted by Gasteiger charge is -2.06. The predicted octanol–water partition coefficient (Wildman–Crippen LogP) is 4.37. The molecule has 0 aliphatic heterocycles. The van der Waals surface area contributed by atoms with Gasteiger partial charge in [0.25, 0.3) is 5.24 Å². The minimum absolute atomic E-state index is 0.419. The summed E-state index contributed by atoms with van der Waals surface area (Å²) in [4.78, 5) is 12.2. The minimum atomic E-state index is -0.419. The van der Waals surface area contributed by atoms with Crippen molar-refractivity contribution in [1.82, 2.24) is 0 Å². The Kier molecular flexibility index (Phi) is 4.88. The van der Waals surface area contributed by atoms with Crippen molar-refractivity contribution in [3.63, 3.8) is 0 Å². The first-order valence-electron chi connectivity index (χ1n) is 5.75. The molecular formula is C15H13ClO2S. The first-order chi connectivity index (χ1) is 9.20. The van der Waals surface area contributed by atoms with E-state index < -0.39 is 5.24 Å². The molecule has 0 saturated heterocycles. The Hall–Kier alpha value is -1.45. The smallest absolute Gasteiger partial charge is 0.253 e. The van der Waals surface area contributed by atoms with Crippen molar-refractivity contribution in [2.45, 2.75) is 10.6 Å². The number of carbonyl (C=O) groups excluding carboxylic acids is 1. The molecule has 0 aromatic heterocycles. The maximum absolute atomic E-state index is 11.3. The van der Waals surface area contributed by atoms with Crippen LogP contribution in [0.2, 0.25) is 0 Å². The Morgan fingerprint density at radius 2 is 1.84 bits per heavy atom. The van der Waals surface area contributed by atoms with Crippen LogP contribution in [0.25, 0.3) is 0 Å². The number of methoxy groups -OCH3 is 1. The number of thioether (sulfide) groups is 1. The molecule has 2 rings (SSSR count). The molecule has 0 atom stereocenters. The maximum atomic E-state index is 11.3. The van der Waals surface area contributed by atoms with Crippen molar-refractivity contribution in [1.29, 1.82) is 0 Å². The molecule has 0 aliphatic carbocycles. The Morgan fingerprint density at radius 3 is 2.47 bits per heavy atom. The summed E-state index contributed by atoms with van der Waals surface area (Å²) in [7, 11) is 1.64. The van der Waals surface area contributed by atoms with Crippen molar-refractivity contribution in [3.05, 3.63) is 59.7 Å². The van der Waals surface area contributed by atoms with Gasteiger partial charge in [0.05, 0.1) is 7.11 Å². The number of rotatable bonds is 5. The van der Waals surface area contributed by atoms with Gasteiger partial charge >= 0.3 is 0 Å². The van der Waals surface area contributed by atoms with Gasteiger partial charge in [-0.05, 0) is 41.4 Å². The summed E-state index contributed by atoms with van der Waals surface area (Å²) in [5.41, 5.74) is 1.73. The standard InChI is InChI=1S/C15H13ClO2S/c1-18-12-8-6-11(7-9-12)10-19-14-5-3-2-4-13(14)15(16)17/h2-9H,10H2,1H3. The van der Waals surface area contributed by atoms with E-state index in [0.717, 1.165) is 16.4 Å².